The Labute approximate surface area is 125 Å². The van der Waals surface area contributed by atoms with Crippen molar-refractivity contribution in [2.75, 3.05) is 12.0 Å². The van der Waals surface area contributed by atoms with Gasteiger partial charge in [-0.15, -0.1) is 0 Å². The average molecular weight is 291 g/mol. The van der Waals surface area contributed by atoms with Crippen molar-refractivity contribution < 1.29 is 0 Å². The Hall–Kier alpha value is -1.73. The number of nitrogen functional groups attached to an aromatic ring is 1. The average Bonchev–Trinajstić information content (AvgIpc) is 2.78. The first-order valence-electron chi connectivity index (χ1n) is 7.31. The van der Waals surface area contributed by atoms with Crippen LogP contribution in [-0.4, -0.2) is 37.2 Å². The zero-order valence-corrected chi connectivity index (χ0v) is 13.5. The Morgan fingerprint density at radius 3 is 2.57 bits per heavy atom. The monoisotopic (exact) mass is 291 g/mol. The van der Waals surface area contributed by atoms with E-state index in [0.717, 1.165) is 23.4 Å². The lowest BCUT2D eigenvalue weighted by atomic mass is 10.2. The van der Waals surface area contributed by atoms with Crippen LogP contribution in [0.3, 0.4) is 0 Å². The van der Waals surface area contributed by atoms with Crippen LogP contribution in [0.5, 0.6) is 0 Å². The minimum Gasteiger partial charge on any atom is -0.308 e. The Balaban J connectivity index is 2.34. The van der Waals surface area contributed by atoms with Gasteiger partial charge in [0.2, 0.25) is 0 Å². The number of aryl methyl sites for hydroxylation is 1. The molecule has 0 bridgehead atoms. The van der Waals surface area contributed by atoms with Crippen molar-refractivity contribution in [3.05, 3.63) is 12.0 Å². The number of nitrogens with zero attached hydrogens (tertiary/aromatic N) is 5. The van der Waals surface area contributed by atoms with Crippen molar-refractivity contribution in [1.82, 2.24) is 24.6 Å². The van der Waals surface area contributed by atoms with Gasteiger partial charge >= 0.3 is 0 Å². The van der Waals surface area contributed by atoms with E-state index < -0.39 is 0 Å². The van der Waals surface area contributed by atoms with Crippen LogP contribution in [0.25, 0.3) is 11.0 Å². The number of fused-ring (bicyclic) bond motifs is 1. The van der Waals surface area contributed by atoms with Crippen LogP contribution in [0.1, 0.15) is 33.5 Å². The van der Waals surface area contributed by atoms with E-state index >= 15 is 0 Å². The van der Waals surface area contributed by atoms with Gasteiger partial charge in [-0.05, 0) is 19.8 Å². The van der Waals surface area contributed by atoms with Crippen LogP contribution in [-0.2, 0) is 13.6 Å². The van der Waals surface area contributed by atoms with E-state index in [9.17, 15) is 0 Å². The lowest BCUT2D eigenvalue weighted by molar-refractivity contribution is 0.185. The molecule has 7 nitrogen and oxygen atoms in total. The first-order valence-corrected chi connectivity index (χ1v) is 7.31. The molecule has 116 valence electrons. The highest BCUT2D eigenvalue weighted by Gasteiger charge is 2.16. The maximum Gasteiger partial charge on any atom is 0.163 e. The molecule has 0 saturated heterocycles. The van der Waals surface area contributed by atoms with E-state index in [0.29, 0.717) is 24.3 Å². The molecular formula is C14H25N7. The maximum absolute atomic E-state index is 5.57. The van der Waals surface area contributed by atoms with E-state index in [1.165, 1.54) is 0 Å². The van der Waals surface area contributed by atoms with Gasteiger partial charge < -0.3 is 5.43 Å². The number of nitrogens with two attached hydrogens (primary N) is 1. The molecule has 0 aliphatic rings. The predicted molar refractivity (Wildman–Crippen MR) is 84.5 cm³/mol. The molecule has 2 rings (SSSR count). The lowest BCUT2D eigenvalue weighted by Crippen LogP contribution is -2.34. The number of rotatable bonds is 6. The number of nitrogens with one attached hydrogen (secondary N) is 1. The van der Waals surface area contributed by atoms with Gasteiger partial charge in [-0.1, -0.05) is 13.8 Å². The topological polar surface area (TPSA) is 84.9 Å². The van der Waals surface area contributed by atoms with Gasteiger partial charge in [-0.2, -0.15) is 5.10 Å². The first kappa shape index (κ1) is 15.7. The van der Waals surface area contributed by atoms with E-state index in [1.54, 1.807) is 10.9 Å². The lowest BCUT2D eigenvalue weighted by Gasteiger charge is -2.27. The van der Waals surface area contributed by atoms with Crippen molar-refractivity contribution in [2.24, 2.45) is 18.8 Å². The number of hydrazine groups is 1. The van der Waals surface area contributed by atoms with Crippen LogP contribution in [0, 0.1) is 5.92 Å². The molecule has 7 heteroatoms. The summed E-state index contributed by atoms with van der Waals surface area (Å²) >= 11 is 0. The van der Waals surface area contributed by atoms with Gasteiger partial charge in [0, 0.05) is 19.6 Å². The van der Waals surface area contributed by atoms with Crippen molar-refractivity contribution in [2.45, 2.75) is 40.3 Å². The molecule has 0 aliphatic carbocycles. The summed E-state index contributed by atoms with van der Waals surface area (Å²) in [5.74, 6) is 7.55. The Kier molecular flexibility index (Phi) is 4.74. The van der Waals surface area contributed by atoms with Crippen LogP contribution < -0.4 is 11.3 Å². The van der Waals surface area contributed by atoms with E-state index in [2.05, 4.69) is 53.1 Å². The quantitative estimate of drug-likeness (QED) is 0.620. The molecule has 0 saturated carbocycles. The Morgan fingerprint density at radius 1 is 1.29 bits per heavy atom. The molecule has 0 amide bonds. The van der Waals surface area contributed by atoms with Gasteiger partial charge in [0.15, 0.2) is 11.5 Å². The molecule has 2 heterocycles. The Morgan fingerprint density at radius 2 is 2.00 bits per heavy atom. The van der Waals surface area contributed by atoms with Crippen LogP contribution in [0.4, 0.5) is 5.82 Å². The molecule has 0 unspecified atom stereocenters. The molecule has 0 aromatic carbocycles. The second-order valence-corrected chi connectivity index (χ2v) is 6.06. The summed E-state index contributed by atoms with van der Waals surface area (Å²) in [6.45, 7) is 10.5. The maximum atomic E-state index is 5.57. The predicted octanol–water partition coefficient (Wildman–Crippen LogP) is 1.52. The number of aromatic nitrogens is 4. The molecular weight excluding hydrogens is 266 g/mol. The fourth-order valence-electron chi connectivity index (χ4n) is 2.36. The first-order chi connectivity index (χ1) is 9.92. The SMILES string of the molecule is CC(C)CN(Cc1nc(NN)c2cnn(C)c2n1)C(C)C. The number of hydrogen-bond acceptors (Lipinski definition) is 6. The van der Waals surface area contributed by atoms with Crippen LogP contribution in [0.2, 0.25) is 0 Å². The third-order valence-electron chi connectivity index (χ3n) is 3.45. The summed E-state index contributed by atoms with van der Waals surface area (Å²) in [7, 11) is 1.87. The van der Waals surface area contributed by atoms with Crippen molar-refractivity contribution in [3.63, 3.8) is 0 Å². The van der Waals surface area contributed by atoms with E-state index in [-0.39, 0.29) is 0 Å². The highest BCUT2D eigenvalue weighted by molar-refractivity contribution is 5.86. The fraction of sp³-hybridized carbons (Fsp3) is 0.643. The molecule has 0 radical (unpaired) electrons. The molecule has 2 aromatic heterocycles. The zero-order valence-electron chi connectivity index (χ0n) is 13.5. The largest absolute Gasteiger partial charge is 0.308 e. The molecule has 21 heavy (non-hydrogen) atoms. The standard InChI is InChI=1S/C14H25N7/c1-9(2)7-21(10(3)4)8-12-17-13(19-15)11-6-16-20(5)14(11)18-12/h6,9-10H,7-8,15H2,1-5H3,(H,17,18,19). The Bertz CT molecular complexity index is 603. The highest BCUT2D eigenvalue weighted by Crippen LogP contribution is 2.19. The van der Waals surface area contributed by atoms with Crippen molar-refractivity contribution in [3.8, 4) is 0 Å². The van der Waals surface area contributed by atoms with Crippen LogP contribution in [0.15, 0.2) is 6.20 Å². The fourth-order valence-corrected chi connectivity index (χ4v) is 2.36. The van der Waals surface area contributed by atoms with Gasteiger partial charge in [0.25, 0.3) is 0 Å². The van der Waals surface area contributed by atoms with Gasteiger partial charge in [0.05, 0.1) is 18.1 Å². The summed E-state index contributed by atoms with van der Waals surface area (Å²) in [6, 6.07) is 0.438. The molecule has 0 spiro atoms. The minimum atomic E-state index is 0.438. The molecule has 0 atom stereocenters. The third-order valence-corrected chi connectivity index (χ3v) is 3.45. The second kappa shape index (κ2) is 6.36. The minimum absolute atomic E-state index is 0.438. The van der Waals surface area contributed by atoms with E-state index in [1.807, 2.05) is 7.05 Å². The third kappa shape index (κ3) is 3.48. The van der Waals surface area contributed by atoms with Gasteiger partial charge in [0.1, 0.15) is 5.82 Å². The highest BCUT2D eigenvalue weighted by atomic mass is 15.3. The van der Waals surface area contributed by atoms with Crippen molar-refractivity contribution in [1.29, 1.82) is 0 Å². The van der Waals surface area contributed by atoms with Gasteiger partial charge in [-0.3, -0.25) is 9.58 Å². The normalized spacial score (nSPS) is 12.0. The van der Waals surface area contributed by atoms with E-state index in [4.69, 9.17) is 5.84 Å². The summed E-state index contributed by atoms with van der Waals surface area (Å²) in [4.78, 5) is 11.5. The van der Waals surface area contributed by atoms with Crippen molar-refractivity contribution >= 4 is 16.9 Å². The van der Waals surface area contributed by atoms with Gasteiger partial charge in [-0.25, -0.2) is 15.8 Å². The molecule has 2 aromatic rings. The summed E-state index contributed by atoms with van der Waals surface area (Å²) in [5, 5.41) is 5.05. The molecule has 0 fully saturated rings. The van der Waals surface area contributed by atoms with Crippen LogP contribution >= 0.6 is 0 Å². The molecule has 3 N–H and O–H groups in total. The summed E-state index contributed by atoms with van der Waals surface area (Å²) in [5.41, 5.74) is 3.44. The summed E-state index contributed by atoms with van der Waals surface area (Å²) < 4.78 is 1.74. The number of anilines is 1. The zero-order chi connectivity index (χ0) is 15.6. The number of hydrogen-bond donors (Lipinski definition) is 2. The second-order valence-electron chi connectivity index (χ2n) is 6.06. The smallest absolute Gasteiger partial charge is 0.163 e. The summed E-state index contributed by atoms with van der Waals surface area (Å²) in [6.07, 6.45) is 1.72. The molecule has 0 aliphatic heterocycles.